The van der Waals surface area contributed by atoms with Crippen molar-refractivity contribution in [3.05, 3.63) is 42.2 Å². The summed E-state index contributed by atoms with van der Waals surface area (Å²) in [5.74, 6) is 0.280. The third kappa shape index (κ3) is 2.52. The van der Waals surface area contributed by atoms with Gasteiger partial charge in [-0.15, -0.1) is 5.10 Å². The third-order valence-corrected chi connectivity index (χ3v) is 3.71. The molecule has 1 aliphatic rings. The van der Waals surface area contributed by atoms with Crippen molar-refractivity contribution in [3.8, 4) is 5.69 Å². The fraction of sp³-hybridized carbons (Fsp3) is 0.429. The van der Waals surface area contributed by atoms with E-state index in [-0.39, 0.29) is 5.92 Å². The largest absolute Gasteiger partial charge is 0.386 e. The van der Waals surface area contributed by atoms with Crippen LogP contribution in [0.4, 0.5) is 0 Å². The summed E-state index contributed by atoms with van der Waals surface area (Å²) in [5.41, 5.74) is 1.71. The van der Waals surface area contributed by atoms with Crippen molar-refractivity contribution in [2.75, 3.05) is 13.1 Å². The van der Waals surface area contributed by atoms with Crippen LogP contribution < -0.4 is 5.32 Å². The molecular weight excluding hydrogens is 240 g/mol. The molecule has 3 rings (SSSR count). The van der Waals surface area contributed by atoms with Gasteiger partial charge in [-0.05, 0) is 44.0 Å². The summed E-state index contributed by atoms with van der Waals surface area (Å²) in [6, 6.07) is 9.80. The Bertz CT molecular complexity index is 519. The molecule has 0 aliphatic carbocycles. The normalized spacial score (nSPS) is 18.4. The van der Waals surface area contributed by atoms with Crippen molar-refractivity contribution in [2.24, 2.45) is 5.92 Å². The number of nitrogens with one attached hydrogen (secondary N) is 1. The first-order valence-electron chi connectivity index (χ1n) is 6.71. The molecule has 1 fully saturated rings. The van der Waals surface area contributed by atoms with Crippen LogP contribution in [0.5, 0.6) is 0 Å². The maximum absolute atomic E-state index is 10.5. The zero-order chi connectivity index (χ0) is 13.1. The summed E-state index contributed by atoms with van der Waals surface area (Å²) >= 11 is 0. The molecule has 1 unspecified atom stereocenters. The Labute approximate surface area is 112 Å². The van der Waals surface area contributed by atoms with Crippen molar-refractivity contribution in [3.63, 3.8) is 0 Å². The van der Waals surface area contributed by atoms with Gasteiger partial charge < -0.3 is 10.4 Å². The minimum absolute atomic E-state index is 0.280. The quantitative estimate of drug-likeness (QED) is 0.871. The Morgan fingerprint density at radius 1 is 1.21 bits per heavy atom. The van der Waals surface area contributed by atoms with E-state index >= 15 is 0 Å². The predicted molar refractivity (Wildman–Crippen MR) is 71.9 cm³/mol. The molecule has 0 amide bonds. The molecule has 0 bridgehead atoms. The van der Waals surface area contributed by atoms with Gasteiger partial charge in [0.25, 0.3) is 0 Å². The fourth-order valence-corrected chi connectivity index (χ4v) is 2.62. The maximum atomic E-state index is 10.5. The number of hydrogen-bond acceptors (Lipinski definition) is 4. The Morgan fingerprint density at radius 2 is 1.95 bits per heavy atom. The summed E-state index contributed by atoms with van der Waals surface area (Å²) < 4.78 is 1.73. The number of benzene rings is 1. The summed E-state index contributed by atoms with van der Waals surface area (Å²) in [7, 11) is 0. The van der Waals surface area contributed by atoms with E-state index in [2.05, 4.69) is 15.6 Å². The van der Waals surface area contributed by atoms with Gasteiger partial charge in [-0.3, -0.25) is 0 Å². The monoisotopic (exact) mass is 258 g/mol. The number of aliphatic hydroxyl groups is 1. The van der Waals surface area contributed by atoms with Crippen LogP contribution in [-0.2, 0) is 0 Å². The highest BCUT2D eigenvalue weighted by molar-refractivity contribution is 5.32. The van der Waals surface area contributed by atoms with Gasteiger partial charge in [0.2, 0.25) is 0 Å². The van der Waals surface area contributed by atoms with Crippen molar-refractivity contribution in [2.45, 2.75) is 18.9 Å². The second-order valence-electron chi connectivity index (χ2n) is 4.94. The van der Waals surface area contributed by atoms with Gasteiger partial charge >= 0.3 is 0 Å². The zero-order valence-corrected chi connectivity index (χ0v) is 10.7. The summed E-state index contributed by atoms with van der Waals surface area (Å²) in [6.07, 6.45) is 3.14. The molecule has 0 spiro atoms. The summed E-state index contributed by atoms with van der Waals surface area (Å²) in [6.45, 7) is 1.93. The number of nitrogens with zero attached hydrogens (tertiary/aromatic N) is 3. The number of para-hydroxylation sites is 1. The van der Waals surface area contributed by atoms with Crippen LogP contribution in [0.1, 0.15) is 24.6 Å². The number of piperidine rings is 1. The van der Waals surface area contributed by atoms with E-state index in [4.69, 9.17) is 0 Å². The van der Waals surface area contributed by atoms with E-state index in [1.807, 2.05) is 30.3 Å². The topological polar surface area (TPSA) is 63.0 Å². The lowest BCUT2D eigenvalue weighted by Gasteiger charge is -2.27. The Kier molecular flexibility index (Phi) is 3.57. The van der Waals surface area contributed by atoms with Gasteiger partial charge in [0, 0.05) is 0 Å². The van der Waals surface area contributed by atoms with Gasteiger partial charge in [0.05, 0.1) is 17.6 Å². The van der Waals surface area contributed by atoms with Gasteiger partial charge in [-0.2, -0.15) is 0 Å². The number of rotatable bonds is 3. The summed E-state index contributed by atoms with van der Waals surface area (Å²) in [5, 5.41) is 21.9. The SMILES string of the molecule is OC(c1cnnn1-c1ccccc1)C1CCNCC1. The fourth-order valence-electron chi connectivity index (χ4n) is 2.62. The number of aliphatic hydroxyl groups excluding tert-OH is 1. The highest BCUT2D eigenvalue weighted by Crippen LogP contribution is 2.29. The van der Waals surface area contributed by atoms with Gasteiger partial charge in [-0.25, -0.2) is 4.68 Å². The molecule has 0 radical (unpaired) electrons. The minimum Gasteiger partial charge on any atom is -0.386 e. The molecule has 1 aromatic heterocycles. The molecule has 19 heavy (non-hydrogen) atoms. The van der Waals surface area contributed by atoms with Crippen molar-refractivity contribution in [1.29, 1.82) is 0 Å². The smallest absolute Gasteiger partial charge is 0.101 e. The maximum Gasteiger partial charge on any atom is 0.101 e. The Balaban J connectivity index is 1.87. The van der Waals surface area contributed by atoms with Crippen molar-refractivity contribution < 1.29 is 5.11 Å². The lowest BCUT2D eigenvalue weighted by molar-refractivity contribution is 0.0830. The highest BCUT2D eigenvalue weighted by atomic mass is 16.3. The van der Waals surface area contributed by atoms with Gasteiger partial charge in [-0.1, -0.05) is 23.4 Å². The molecule has 2 aromatic rings. The lowest BCUT2D eigenvalue weighted by Crippen LogP contribution is -2.31. The van der Waals surface area contributed by atoms with E-state index in [1.165, 1.54) is 0 Å². The van der Waals surface area contributed by atoms with Crippen molar-refractivity contribution in [1.82, 2.24) is 20.3 Å². The Hall–Kier alpha value is -1.72. The average Bonchev–Trinajstić information content (AvgIpc) is 2.98. The van der Waals surface area contributed by atoms with Crippen LogP contribution in [0.3, 0.4) is 0 Å². The van der Waals surface area contributed by atoms with Crippen LogP contribution in [0.2, 0.25) is 0 Å². The van der Waals surface area contributed by atoms with Gasteiger partial charge in [0.15, 0.2) is 0 Å². The molecule has 1 aromatic carbocycles. The first kappa shape index (κ1) is 12.3. The number of aromatic nitrogens is 3. The molecule has 0 saturated carbocycles. The first-order chi connectivity index (χ1) is 9.36. The summed E-state index contributed by atoms with van der Waals surface area (Å²) in [4.78, 5) is 0. The van der Waals surface area contributed by atoms with E-state index in [0.717, 1.165) is 37.3 Å². The second-order valence-corrected chi connectivity index (χ2v) is 4.94. The van der Waals surface area contributed by atoms with Gasteiger partial charge in [0.1, 0.15) is 6.10 Å². The molecule has 5 nitrogen and oxygen atoms in total. The van der Waals surface area contributed by atoms with Crippen LogP contribution in [0.15, 0.2) is 36.5 Å². The average molecular weight is 258 g/mol. The zero-order valence-electron chi connectivity index (χ0n) is 10.7. The third-order valence-electron chi connectivity index (χ3n) is 3.71. The molecule has 1 aliphatic heterocycles. The number of hydrogen-bond donors (Lipinski definition) is 2. The van der Waals surface area contributed by atoms with E-state index < -0.39 is 6.10 Å². The van der Waals surface area contributed by atoms with Crippen LogP contribution in [0, 0.1) is 5.92 Å². The Morgan fingerprint density at radius 3 is 2.68 bits per heavy atom. The first-order valence-corrected chi connectivity index (χ1v) is 6.71. The van der Waals surface area contributed by atoms with Crippen LogP contribution >= 0.6 is 0 Å². The molecule has 2 heterocycles. The lowest BCUT2D eigenvalue weighted by atomic mass is 9.90. The standard InChI is InChI=1S/C14H18N4O/c19-14(11-6-8-15-9-7-11)13-10-16-17-18(13)12-4-2-1-3-5-12/h1-5,10-11,14-15,19H,6-9H2. The van der Waals surface area contributed by atoms with Crippen molar-refractivity contribution >= 4 is 0 Å². The molecule has 1 saturated heterocycles. The van der Waals surface area contributed by atoms with E-state index in [9.17, 15) is 5.11 Å². The molecule has 100 valence electrons. The predicted octanol–water partition coefficient (Wildman–Crippen LogP) is 1.30. The second kappa shape index (κ2) is 5.50. The molecule has 5 heteroatoms. The molecule has 1 atom stereocenters. The van der Waals surface area contributed by atoms with E-state index in [0.29, 0.717) is 0 Å². The van der Waals surface area contributed by atoms with Crippen LogP contribution in [-0.4, -0.2) is 33.2 Å². The van der Waals surface area contributed by atoms with Crippen LogP contribution in [0.25, 0.3) is 5.69 Å². The molecule has 2 N–H and O–H groups in total. The minimum atomic E-state index is -0.502. The highest BCUT2D eigenvalue weighted by Gasteiger charge is 2.26. The van der Waals surface area contributed by atoms with E-state index in [1.54, 1.807) is 10.9 Å². The molecular formula is C14H18N4O.